The fourth-order valence-corrected chi connectivity index (χ4v) is 2.47. The summed E-state index contributed by atoms with van der Waals surface area (Å²) in [5.41, 5.74) is 5.35. The van der Waals surface area contributed by atoms with Gasteiger partial charge in [0, 0.05) is 25.0 Å². The maximum atomic E-state index is 5.57. The minimum absolute atomic E-state index is 0.223. The van der Waals surface area contributed by atoms with Crippen LogP contribution in [0.3, 0.4) is 0 Å². The van der Waals surface area contributed by atoms with Crippen molar-refractivity contribution < 1.29 is 0 Å². The first-order chi connectivity index (χ1) is 7.81. The van der Waals surface area contributed by atoms with Gasteiger partial charge in [0.05, 0.1) is 0 Å². The van der Waals surface area contributed by atoms with Crippen LogP contribution in [0.15, 0.2) is 29.1 Å². The van der Waals surface area contributed by atoms with E-state index in [1.54, 1.807) is 11.3 Å². The summed E-state index contributed by atoms with van der Waals surface area (Å²) in [7, 11) is 1.96. The van der Waals surface area contributed by atoms with Crippen LogP contribution in [-0.2, 0) is 13.5 Å². The number of thiophene rings is 1. The monoisotopic (exact) mass is 236 g/mol. The van der Waals surface area contributed by atoms with E-state index in [0.29, 0.717) is 0 Å². The van der Waals surface area contributed by atoms with E-state index < -0.39 is 0 Å². The number of nitrogens with two attached hydrogens (primary N) is 1. The van der Waals surface area contributed by atoms with Gasteiger partial charge >= 0.3 is 0 Å². The molecule has 0 amide bonds. The molecule has 2 rings (SSSR count). The van der Waals surface area contributed by atoms with Gasteiger partial charge in [-0.05, 0) is 41.3 Å². The Kier molecular flexibility index (Phi) is 3.71. The van der Waals surface area contributed by atoms with E-state index in [2.05, 4.69) is 27.4 Å². The lowest BCUT2D eigenvalue weighted by atomic mass is 10.0. The normalized spacial score (nSPS) is 12.9. The van der Waals surface area contributed by atoms with Gasteiger partial charge in [-0.3, -0.25) is 16.0 Å². The predicted octanol–water partition coefficient (Wildman–Crippen LogP) is 1.62. The second-order valence-corrected chi connectivity index (χ2v) is 4.54. The van der Waals surface area contributed by atoms with Crippen molar-refractivity contribution in [1.82, 2.24) is 15.2 Å². The van der Waals surface area contributed by atoms with E-state index in [0.717, 1.165) is 12.8 Å². The second kappa shape index (κ2) is 5.25. The zero-order valence-electron chi connectivity index (χ0n) is 9.26. The molecule has 2 aromatic heterocycles. The van der Waals surface area contributed by atoms with Gasteiger partial charge in [-0.15, -0.1) is 0 Å². The smallest absolute Gasteiger partial charge is 0.0492 e. The van der Waals surface area contributed by atoms with Gasteiger partial charge in [0.1, 0.15) is 0 Å². The zero-order valence-corrected chi connectivity index (χ0v) is 10.1. The van der Waals surface area contributed by atoms with Crippen molar-refractivity contribution in [2.24, 2.45) is 12.9 Å². The molecule has 0 fully saturated rings. The van der Waals surface area contributed by atoms with Gasteiger partial charge in [0.2, 0.25) is 0 Å². The quantitative estimate of drug-likeness (QED) is 0.612. The Morgan fingerprint density at radius 2 is 2.44 bits per heavy atom. The average Bonchev–Trinajstić information content (AvgIpc) is 2.92. The van der Waals surface area contributed by atoms with Crippen LogP contribution in [0.5, 0.6) is 0 Å². The fraction of sp³-hybridized carbons (Fsp3) is 0.364. The highest BCUT2D eigenvalue weighted by molar-refractivity contribution is 7.07. The molecular weight excluding hydrogens is 220 g/mol. The van der Waals surface area contributed by atoms with Crippen LogP contribution in [0.1, 0.15) is 23.7 Å². The summed E-state index contributed by atoms with van der Waals surface area (Å²) in [6.45, 7) is 0. The standard InChI is InChI=1S/C11H16N4S/c1-15-10(4-6-13-15)2-3-11(14-12)9-5-7-16-8-9/h4-8,11,14H,2-3,12H2,1H3. The molecule has 0 saturated heterocycles. The lowest BCUT2D eigenvalue weighted by Crippen LogP contribution is -2.28. The van der Waals surface area contributed by atoms with Crippen LogP contribution >= 0.6 is 11.3 Å². The van der Waals surface area contributed by atoms with E-state index in [1.165, 1.54) is 11.3 Å². The number of hydrazine groups is 1. The van der Waals surface area contributed by atoms with Gasteiger partial charge in [-0.2, -0.15) is 16.4 Å². The Balaban J connectivity index is 1.96. The summed E-state index contributed by atoms with van der Waals surface area (Å²) in [4.78, 5) is 0. The molecule has 0 radical (unpaired) electrons. The van der Waals surface area contributed by atoms with Crippen LogP contribution < -0.4 is 11.3 Å². The van der Waals surface area contributed by atoms with E-state index in [1.807, 2.05) is 24.0 Å². The van der Waals surface area contributed by atoms with Gasteiger partial charge in [0.25, 0.3) is 0 Å². The Bertz CT molecular complexity index is 421. The molecule has 1 atom stereocenters. The number of nitrogens with one attached hydrogen (secondary N) is 1. The van der Waals surface area contributed by atoms with Crippen LogP contribution in [0.4, 0.5) is 0 Å². The highest BCUT2D eigenvalue weighted by atomic mass is 32.1. The lowest BCUT2D eigenvalue weighted by molar-refractivity contribution is 0.508. The van der Waals surface area contributed by atoms with Crippen molar-refractivity contribution in [2.45, 2.75) is 18.9 Å². The van der Waals surface area contributed by atoms with Crippen molar-refractivity contribution in [2.75, 3.05) is 0 Å². The SMILES string of the molecule is Cn1nccc1CCC(NN)c1ccsc1. The maximum Gasteiger partial charge on any atom is 0.0492 e. The van der Waals surface area contributed by atoms with Crippen LogP contribution in [0.25, 0.3) is 0 Å². The molecule has 3 N–H and O–H groups in total. The Morgan fingerprint density at radius 1 is 1.56 bits per heavy atom. The predicted molar refractivity (Wildman–Crippen MR) is 65.9 cm³/mol. The first kappa shape index (κ1) is 11.3. The van der Waals surface area contributed by atoms with Gasteiger partial charge < -0.3 is 0 Å². The van der Waals surface area contributed by atoms with E-state index >= 15 is 0 Å². The first-order valence-corrected chi connectivity index (χ1v) is 6.20. The third-order valence-electron chi connectivity index (χ3n) is 2.76. The molecule has 4 nitrogen and oxygen atoms in total. The Morgan fingerprint density at radius 3 is 3.00 bits per heavy atom. The average molecular weight is 236 g/mol. The number of aryl methyl sites for hydroxylation is 2. The molecule has 0 bridgehead atoms. The topological polar surface area (TPSA) is 55.9 Å². The minimum Gasteiger partial charge on any atom is -0.273 e. The minimum atomic E-state index is 0.223. The maximum absolute atomic E-state index is 5.57. The van der Waals surface area contributed by atoms with Crippen molar-refractivity contribution in [3.63, 3.8) is 0 Å². The van der Waals surface area contributed by atoms with Crippen LogP contribution in [0.2, 0.25) is 0 Å². The highest BCUT2D eigenvalue weighted by Gasteiger charge is 2.10. The summed E-state index contributed by atoms with van der Waals surface area (Å²) in [5, 5.41) is 8.36. The summed E-state index contributed by atoms with van der Waals surface area (Å²) < 4.78 is 1.90. The van der Waals surface area contributed by atoms with Gasteiger partial charge in [-0.1, -0.05) is 0 Å². The van der Waals surface area contributed by atoms with E-state index in [9.17, 15) is 0 Å². The molecule has 0 aliphatic carbocycles. The summed E-state index contributed by atoms with van der Waals surface area (Å²) in [5.74, 6) is 5.57. The molecule has 0 saturated carbocycles. The lowest BCUT2D eigenvalue weighted by Gasteiger charge is -2.14. The zero-order chi connectivity index (χ0) is 11.4. The second-order valence-electron chi connectivity index (χ2n) is 3.76. The number of hydrogen-bond acceptors (Lipinski definition) is 4. The third kappa shape index (κ3) is 2.49. The van der Waals surface area contributed by atoms with Gasteiger partial charge in [-0.25, -0.2) is 0 Å². The molecule has 0 aliphatic rings. The van der Waals surface area contributed by atoms with Crippen molar-refractivity contribution in [1.29, 1.82) is 0 Å². The van der Waals surface area contributed by atoms with Crippen LogP contribution in [-0.4, -0.2) is 9.78 Å². The van der Waals surface area contributed by atoms with Crippen molar-refractivity contribution in [3.8, 4) is 0 Å². The molecule has 0 spiro atoms. The fourth-order valence-electron chi connectivity index (χ4n) is 1.76. The van der Waals surface area contributed by atoms with Gasteiger partial charge in [0.15, 0.2) is 0 Å². The molecule has 16 heavy (non-hydrogen) atoms. The van der Waals surface area contributed by atoms with Crippen molar-refractivity contribution >= 4 is 11.3 Å². The summed E-state index contributed by atoms with van der Waals surface area (Å²) in [6.07, 6.45) is 3.78. The molecular formula is C11H16N4S. The number of aromatic nitrogens is 2. The molecule has 0 aromatic carbocycles. The Hall–Kier alpha value is -1.17. The highest BCUT2D eigenvalue weighted by Crippen LogP contribution is 2.20. The number of rotatable bonds is 5. The largest absolute Gasteiger partial charge is 0.273 e. The van der Waals surface area contributed by atoms with Crippen molar-refractivity contribution in [3.05, 3.63) is 40.3 Å². The summed E-state index contributed by atoms with van der Waals surface area (Å²) >= 11 is 1.70. The Labute approximate surface area is 99.1 Å². The molecule has 2 heterocycles. The molecule has 86 valence electrons. The van der Waals surface area contributed by atoms with E-state index in [-0.39, 0.29) is 6.04 Å². The molecule has 5 heteroatoms. The molecule has 0 aliphatic heterocycles. The summed E-state index contributed by atoms with van der Waals surface area (Å²) in [6, 6.07) is 4.38. The van der Waals surface area contributed by atoms with E-state index in [4.69, 9.17) is 5.84 Å². The number of nitrogens with zero attached hydrogens (tertiary/aromatic N) is 2. The molecule has 2 aromatic rings. The third-order valence-corrected chi connectivity index (χ3v) is 3.46. The molecule has 1 unspecified atom stereocenters. The number of hydrogen-bond donors (Lipinski definition) is 2. The van der Waals surface area contributed by atoms with Crippen LogP contribution in [0, 0.1) is 0 Å². The first-order valence-electron chi connectivity index (χ1n) is 5.26.